The van der Waals surface area contributed by atoms with Crippen molar-refractivity contribution in [2.45, 2.75) is 19.4 Å². The number of likely N-dealkylation sites (tertiary alicyclic amines) is 1. The number of nitrogens with zero attached hydrogens (tertiary/aromatic N) is 6. The van der Waals surface area contributed by atoms with Crippen LogP contribution in [0.5, 0.6) is 0 Å². The molecule has 2 saturated heterocycles. The number of carbonyl (C=O) groups excluding carboxylic acids is 1. The Hall–Kier alpha value is -2.85. The zero-order chi connectivity index (χ0) is 20.2. The molecule has 0 atom stereocenters. The number of nitro groups is 1. The number of amides is 1. The molecule has 4 rings (SSSR count). The first-order chi connectivity index (χ1) is 14.1. The third-order valence-corrected chi connectivity index (χ3v) is 5.42. The highest BCUT2D eigenvalue weighted by Gasteiger charge is 2.24. The van der Waals surface area contributed by atoms with Crippen molar-refractivity contribution in [3.8, 4) is 11.4 Å². The van der Waals surface area contributed by atoms with Crippen LogP contribution in [-0.2, 0) is 11.3 Å². The van der Waals surface area contributed by atoms with Crippen molar-refractivity contribution in [2.24, 2.45) is 0 Å². The predicted octanol–water partition coefficient (Wildman–Crippen LogP) is 1.38. The molecule has 10 heteroatoms. The monoisotopic (exact) mass is 400 g/mol. The number of non-ortho nitro benzene ring substituents is 1. The highest BCUT2D eigenvalue weighted by Crippen LogP contribution is 2.21. The van der Waals surface area contributed by atoms with Gasteiger partial charge in [0, 0.05) is 57.0 Å². The smallest absolute Gasteiger partial charge is 0.270 e. The van der Waals surface area contributed by atoms with E-state index in [4.69, 9.17) is 4.52 Å². The van der Waals surface area contributed by atoms with Gasteiger partial charge >= 0.3 is 0 Å². The molecule has 0 N–H and O–H groups in total. The van der Waals surface area contributed by atoms with Crippen LogP contribution < -0.4 is 0 Å². The molecule has 1 aromatic heterocycles. The summed E-state index contributed by atoms with van der Waals surface area (Å²) in [6.07, 6.45) is 2.23. The molecule has 10 nitrogen and oxygen atoms in total. The van der Waals surface area contributed by atoms with Crippen LogP contribution in [0.3, 0.4) is 0 Å². The number of benzene rings is 1. The van der Waals surface area contributed by atoms with E-state index in [1.807, 2.05) is 4.90 Å². The molecule has 2 fully saturated rings. The van der Waals surface area contributed by atoms with E-state index in [9.17, 15) is 14.9 Å². The van der Waals surface area contributed by atoms with Crippen LogP contribution in [0, 0.1) is 10.1 Å². The second-order valence-corrected chi connectivity index (χ2v) is 7.46. The summed E-state index contributed by atoms with van der Waals surface area (Å²) in [6, 6.07) is 6.19. The van der Waals surface area contributed by atoms with E-state index in [1.165, 1.54) is 12.1 Å². The SMILES string of the molecule is O=C(CN1CCN(Cc2nc(-c3cccc([N+](=O)[O-])c3)no2)CC1)N1CCCC1. The van der Waals surface area contributed by atoms with Crippen molar-refractivity contribution < 1.29 is 14.2 Å². The summed E-state index contributed by atoms with van der Waals surface area (Å²) in [7, 11) is 0. The normalized spacial score (nSPS) is 18.3. The maximum Gasteiger partial charge on any atom is 0.270 e. The van der Waals surface area contributed by atoms with E-state index >= 15 is 0 Å². The molecule has 0 aliphatic carbocycles. The van der Waals surface area contributed by atoms with E-state index < -0.39 is 4.92 Å². The average Bonchev–Trinajstić information content (AvgIpc) is 3.42. The van der Waals surface area contributed by atoms with Crippen LogP contribution >= 0.6 is 0 Å². The third kappa shape index (κ3) is 4.77. The van der Waals surface area contributed by atoms with Gasteiger partial charge in [0.25, 0.3) is 5.69 Å². The molecule has 1 aromatic carbocycles. The van der Waals surface area contributed by atoms with Gasteiger partial charge in [-0.15, -0.1) is 0 Å². The van der Waals surface area contributed by atoms with Gasteiger partial charge in [-0.2, -0.15) is 4.98 Å². The van der Waals surface area contributed by atoms with Gasteiger partial charge in [0.1, 0.15) is 0 Å². The summed E-state index contributed by atoms with van der Waals surface area (Å²) in [6.45, 7) is 6.09. The van der Waals surface area contributed by atoms with Crippen LogP contribution in [-0.4, -0.2) is 81.5 Å². The van der Waals surface area contributed by atoms with E-state index in [1.54, 1.807) is 12.1 Å². The Morgan fingerprint density at radius 3 is 2.55 bits per heavy atom. The molecule has 154 valence electrons. The van der Waals surface area contributed by atoms with Gasteiger partial charge in [-0.25, -0.2) is 0 Å². The van der Waals surface area contributed by atoms with Gasteiger partial charge in [0.05, 0.1) is 18.0 Å². The fourth-order valence-corrected chi connectivity index (χ4v) is 3.75. The quantitative estimate of drug-likeness (QED) is 0.529. The van der Waals surface area contributed by atoms with Crippen molar-refractivity contribution in [3.63, 3.8) is 0 Å². The Morgan fingerprint density at radius 2 is 1.83 bits per heavy atom. The Labute approximate surface area is 168 Å². The van der Waals surface area contributed by atoms with Crippen molar-refractivity contribution in [1.82, 2.24) is 24.8 Å². The highest BCUT2D eigenvalue weighted by molar-refractivity contribution is 5.78. The minimum Gasteiger partial charge on any atom is -0.342 e. The molecule has 2 aliphatic rings. The van der Waals surface area contributed by atoms with Gasteiger partial charge in [0.2, 0.25) is 17.6 Å². The summed E-state index contributed by atoms with van der Waals surface area (Å²) in [4.78, 5) is 33.5. The Morgan fingerprint density at radius 1 is 1.10 bits per heavy atom. The van der Waals surface area contributed by atoms with Crippen LogP contribution in [0.2, 0.25) is 0 Å². The van der Waals surface area contributed by atoms with Crippen LogP contribution in [0.25, 0.3) is 11.4 Å². The van der Waals surface area contributed by atoms with Gasteiger partial charge in [0.15, 0.2) is 0 Å². The van der Waals surface area contributed by atoms with Gasteiger partial charge in [-0.1, -0.05) is 17.3 Å². The summed E-state index contributed by atoms with van der Waals surface area (Å²) in [5.74, 6) is 1.06. The molecule has 0 unspecified atom stereocenters. The Kier molecular flexibility index (Phi) is 5.81. The van der Waals surface area contributed by atoms with Crippen LogP contribution in [0.15, 0.2) is 28.8 Å². The predicted molar refractivity (Wildman–Crippen MR) is 104 cm³/mol. The Balaban J connectivity index is 1.28. The second-order valence-electron chi connectivity index (χ2n) is 7.46. The summed E-state index contributed by atoms with van der Waals surface area (Å²) < 4.78 is 5.33. The lowest BCUT2D eigenvalue weighted by Crippen LogP contribution is -2.49. The maximum absolute atomic E-state index is 12.3. The number of aromatic nitrogens is 2. The zero-order valence-electron chi connectivity index (χ0n) is 16.2. The first kappa shape index (κ1) is 19.5. The molecule has 0 saturated carbocycles. The minimum atomic E-state index is -0.446. The molecule has 3 heterocycles. The molecule has 2 aliphatic heterocycles. The molecular formula is C19H24N6O4. The highest BCUT2D eigenvalue weighted by atomic mass is 16.6. The fraction of sp³-hybridized carbons (Fsp3) is 0.526. The number of hydrogen-bond donors (Lipinski definition) is 0. The van der Waals surface area contributed by atoms with Crippen LogP contribution in [0.1, 0.15) is 18.7 Å². The summed E-state index contributed by atoms with van der Waals surface area (Å²) >= 11 is 0. The van der Waals surface area contributed by atoms with E-state index in [2.05, 4.69) is 19.9 Å². The zero-order valence-corrected chi connectivity index (χ0v) is 16.2. The van der Waals surface area contributed by atoms with E-state index in [-0.39, 0.29) is 11.6 Å². The minimum absolute atomic E-state index is 0.00607. The number of piperazine rings is 1. The first-order valence-corrected chi connectivity index (χ1v) is 9.88. The largest absolute Gasteiger partial charge is 0.342 e. The lowest BCUT2D eigenvalue weighted by Gasteiger charge is -2.34. The van der Waals surface area contributed by atoms with E-state index in [0.717, 1.165) is 52.1 Å². The lowest BCUT2D eigenvalue weighted by atomic mass is 10.2. The number of carbonyl (C=O) groups is 1. The third-order valence-electron chi connectivity index (χ3n) is 5.42. The lowest BCUT2D eigenvalue weighted by molar-refractivity contribution is -0.384. The molecular weight excluding hydrogens is 376 g/mol. The van der Waals surface area contributed by atoms with Crippen LogP contribution in [0.4, 0.5) is 5.69 Å². The first-order valence-electron chi connectivity index (χ1n) is 9.88. The molecule has 2 aromatic rings. The molecule has 0 spiro atoms. The number of rotatable bonds is 6. The molecule has 1 amide bonds. The van der Waals surface area contributed by atoms with Crippen molar-refractivity contribution in [2.75, 3.05) is 45.8 Å². The summed E-state index contributed by atoms with van der Waals surface area (Å²) in [5.41, 5.74) is 0.549. The second kappa shape index (κ2) is 8.66. The van der Waals surface area contributed by atoms with Crippen molar-refractivity contribution >= 4 is 11.6 Å². The number of nitro benzene ring substituents is 1. The average molecular weight is 400 g/mol. The fourth-order valence-electron chi connectivity index (χ4n) is 3.75. The standard InChI is InChI=1S/C19H24N6O4/c26-18(24-6-1-2-7-24)14-23-10-8-22(9-11-23)13-17-20-19(21-29-17)15-4-3-5-16(12-15)25(27)28/h3-5,12H,1-2,6-11,13-14H2. The Bertz CT molecular complexity index is 871. The molecule has 0 bridgehead atoms. The van der Waals surface area contributed by atoms with Gasteiger partial charge in [-0.05, 0) is 12.8 Å². The molecule has 0 radical (unpaired) electrons. The van der Waals surface area contributed by atoms with Crippen molar-refractivity contribution in [3.05, 3.63) is 40.3 Å². The van der Waals surface area contributed by atoms with E-state index in [0.29, 0.717) is 30.4 Å². The summed E-state index contributed by atoms with van der Waals surface area (Å²) in [5, 5.41) is 14.9. The topological polar surface area (TPSA) is 109 Å². The van der Waals surface area contributed by atoms with Crippen molar-refractivity contribution in [1.29, 1.82) is 0 Å². The van der Waals surface area contributed by atoms with Gasteiger partial charge < -0.3 is 9.42 Å². The number of hydrogen-bond acceptors (Lipinski definition) is 8. The molecule has 29 heavy (non-hydrogen) atoms. The maximum atomic E-state index is 12.3. The van der Waals surface area contributed by atoms with Gasteiger partial charge in [-0.3, -0.25) is 24.7 Å².